The van der Waals surface area contributed by atoms with E-state index in [9.17, 15) is 0 Å². The standard InChI is InChI=1S/C32H12BF24.C28H40N2.C4H10O.CH3.Pd/c34-25(35,36)13-5-1-6-14(26(37,38)39)21(13)33(22-15(27(40,41)42)7-2-8-16(22)28(43,44)45,23-17(29(46,47)48)9-3-10-18(23)30(49,50)51)24-19(31(52,53)54)11-4-12-20(24)32(55,56)57;1-17(2)23-13-11-14-24(18(3)4)27(23)29-21(9)22(10)30-28-25(19(5)6)15-12-16-26(28)20(7)8;1-3-5-4-2;;/h1-12H;11-20H,1-10H3;3-4H2,1-2H3;1H3;/q-1;;;-1;+2. The minimum atomic E-state index is -7.76. The molecule has 0 saturated heterocycles. The Kier molecular flexibility index (Phi) is 27.8. The Labute approximate surface area is 542 Å². The zero-order chi connectivity index (χ0) is 70.6. The van der Waals surface area contributed by atoms with Crippen molar-refractivity contribution >= 4 is 50.8 Å². The van der Waals surface area contributed by atoms with Crippen LogP contribution >= 0.6 is 0 Å². The molecule has 0 spiro atoms. The molecule has 0 bridgehead atoms. The number of hydrogen-bond acceptors (Lipinski definition) is 3. The van der Waals surface area contributed by atoms with E-state index in [0.717, 1.165) is 36.0 Å². The van der Waals surface area contributed by atoms with Gasteiger partial charge < -0.3 is 12.2 Å². The molecule has 0 aromatic heterocycles. The molecule has 0 unspecified atom stereocenters. The second kappa shape index (κ2) is 31.2. The first-order valence-corrected chi connectivity index (χ1v) is 28.1. The minimum absolute atomic E-state index is 0. The fourth-order valence-electron chi connectivity index (χ4n) is 11.0. The molecular formula is C65H65BF24N2OPd. The van der Waals surface area contributed by atoms with Crippen LogP contribution in [0.1, 0.15) is 174 Å². The average molecular weight is 1460 g/mol. The van der Waals surface area contributed by atoms with Crippen LogP contribution in [-0.2, 0) is 74.6 Å². The largest absolute Gasteiger partial charge is 2.00 e. The van der Waals surface area contributed by atoms with Crippen molar-refractivity contribution in [3.63, 3.8) is 0 Å². The summed E-state index contributed by atoms with van der Waals surface area (Å²) >= 11 is 0. The van der Waals surface area contributed by atoms with E-state index in [-0.39, 0.29) is 27.8 Å². The van der Waals surface area contributed by atoms with Gasteiger partial charge in [-0.25, -0.2) is 0 Å². The van der Waals surface area contributed by atoms with Crippen molar-refractivity contribution in [3.8, 4) is 0 Å². The van der Waals surface area contributed by atoms with Crippen LogP contribution in [0.15, 0.2) is 119 Å². The van der Waals surface area contributed by atoms with E-state index in [0.29, 0.717) is 23.7 Å². The number of para-hydroxylation sites is 2. The molecule has 0 amide bonds. The smallest absolute Gasteiger partial charge is 0.382 e. The number of halogens is 24. The van der Waals surface area contributed by atoms with Gasteiger partial charge in [-0.15, -0.1) is 0 Å². The third kappa shape index (κ3) is 19.0. The Hall–Kier alpha value is -6.33. The number of nitrogens with zero attached hydrogens (tertiary/aromatic N) is 2. The molecule has 6 aromatic carbocycles. The molecule has 522 valence electrons. The number of ether oxygens (including phenoxy) is 1. The summed E-state index contributed by atoms with van der Waals surface area (Å²) in [4.78, 5) is 10.3. The molecule has 6 aromatic rings. The summed E-state index contributed by atoms with van der Waals surface area (Å²) in [6, 6.07) is 5.07. The molecule has 29 heteroatoms. The van der Waals surface area contributed by atoms with E-state index >= 15 is 105 Å². The summed E-state index contributed by atoms with van der Waals surface area (Å²) in [5, 5.41) is 0. The van der Waals surface area contributed by atoms with Crippen LogP contribution in [0.3, 0.4) is 0 Å². The predicted molar refractivity (Wildman–Crippen MR) is 313 cm³/mol. The zero-order valence-electron chi connectivity index (χ0n) is 52.4. The predicted octanol–water partition coefficient (Wildman–Crippen LogP) is 21.8. The number of benzene rings is 6. The van der Waals surface area contributed by atoms with Gasteiger partial charge in [0.05, 0.1) is 22.8 Å². The van der Waals surface area contributed by atoms with Gasteiger partial charge in [0.2, 0.25) is 0 Å². The normalized spacial score (nSPS) is 13.4. The maximum absolute atomic E-state index is 15.0. The SMILES string of the molecule is CC(=Nc1c(C(C)C)cccc1C(C)C)C(C)=Nc1c(C(C)C)cccc1C(C)C.CCOCC.FC(F)(F)c1cccc(C(F)(F)F)c1[B-](c1c(C(F)(F)F)cccc1C(F)(F)F)(c1c(C(F)(F)F)cccc1C(F)(F)F)c1c(C(F)(F)F)cccc1C(F)(F)F.[CH3-].[Pd+2]. The Morgan fingerprint density at radius 1 is 0.319 bits per heavy atom. The quantitative estimate of drug-likeness (QED) is 0.0491. The van der Waals surface area contributed by atoms with Gasteiger partial charge in [-0.1, -0.05) is 165 Å². The fourth-order valence-corrected chi connectivity index (χ4v) is 11.0. The average Bonchev–Trinajstić information content (AvgIpc) is 0.673. The van der Waals surface area contributed by atoms with E-state index in [1.165, 1.54) is 22.3 Å². The van der Waals surface area contributed by atoms with Crippen molar-refractivity contribution < 1.29 is 131 Å². The monoisotopic (exact) mass is 1460 g/mol. The van der Waals surface area contributed by atoms with Crippen LogP contribution in [0.2, 0.25) is 0 Å². The summed E-state index contributed by atoms with van der Waals surface area (Å²) in [6.45, 7) is 27.8. The number of rotatable bonds is 13. The molecule has 0 saturated carbocycles. The van der Waals surface area contributed by atoms with E-state index in [2.05, 4.69) is 106 Å². The van der Waals surface area contributed by atoms with Gasteiger partial charge in [0.25, 0.3) is 0 Å². The van der Waals surface area contributed by atoms with Gasteiger partial charge in [0, 0.05) is 57.7 Å². The molecule has 0 radical (unpaired) electrons. The maximum atomic E-state index is 15.0. The minimum Gasteiger partial charge on any atom is -0.382 e. The molecule has 0 heterocycles. The number of alkyl halides is 24. The molecule has 94 heavy (non-hydrogen) atoms. The Morgan fingerprint density at radius 3 is 0.585 bits per heavy atom. The van der Waals surface area contributed by atoms with E-state index in [1.54, 1.807) is 0 Å². The van der Waals surface area contributed by atoms with Crippen molar-refractivity contribution in [1.82, 2.24) is 0 Å². The Balaban J connectivity index is 0.000000681. The van der Waals surface area contributed by atoms with Gasteiger partial charge in [-0.05, 0) is 73.6 Å². The number of hydrogen-bond donors (Lipinski definition) is 0. The molecule has 0 aliphatic rings. The number of aliphatic imine (C=N–C) groups is 2. The zero-order valence-corrected chi connectivity index (χ0v) is 53.9. The topological polar surface area (TPSA) is 34.0 Å². The summed E-state index contributed by atoms with van der Waals surface area (Å²) in [5.74, 6) is 1.73. The first-order chi connectivity index (χ1) is 41.9. The Bertz CT molecular complexity index is 3010. The van der Waals surface area contributed by atoms with E-state index < -0.39 is 195 Å². The fraction of sp³-hybridized carbons (Fsp3) is 0.400. The van der Waals surface area contributed by atoms with E-state index in [1.807, 2.05) is 13.8 Å². The van der Waals surface area contributed by atoms with Crippen molar-refractivity contribution in [2.75, 3.05) is 13.2 Å². The first kappa shape index (κ1) is 83.8. The molecule has 0 N–H and O–H groups in total. The van der Waals surface area contributed by atoms with Crippen LogP contribution in [0.5, 0.6) is 0 Å². The van der Waals surface area contributed by atoms with Gasteiger partial charge in [-0.2, -0.15) is 127 Å². The van der Waals surface area contributed by atoms with Crippen molar-refractivity contribution in [2.45, 2.75) is 156 Å². The molecule has 0 aliphatic carbocycles. The maximum Gasteiger partial charge on any atom is 2.00 e. The van der Waals surface area contributed by atoms with Crippen molar-refractivity contribution in [2.24, 2.45) is 9.98 Å². The summed E-state index contributed by atoms with van der Waals surface area (Å²) in [6.07, 6.45) is -62.5. The van der Waals surface area contributed by atoms with E-state index in [4.69, 9.17) is 14.7 Å². The van der Waals surface area contributed by atoms with Crippen LogP contribution in [0.4, 0.5) is 117 Å². The molecule has 6 rings (SSSR count). The molecule has 3 nitrogen and oxygen atoms in total. The van der Waals surface area contributed by atoms with Gasteiger partial charge in [-0.3, -0.25) is 9.98 Å². The molecule has 0 fully saturated rings. The Morgan fingerprint density at radius 2 is 0.468 bits per heavy atom. The summed E-state index contributed by atoms with van der Waals surface area (Å²) in [7, 11) is 0. The van der Waals surface area contributed by atoms with Gasteiger partial charge >= 0.3 is 69.8 Å². The third-order valence-corrected chi connectivity index (χ3v) is 14.8. The second-order valence-corrected chi connectivity index (χ2v) is 22.3. The summed E-state index contributed by atoms with van der Waals surface area (Å²) in [5.41, 5.74) is -33.2. The second-order valence-electron chi connectivity index (χ2n) is 22.3. The van der Waals surface area contributed by atoms with Crippen LogP contribution in [0.25, 0.3) is 0 Å². The van der Waals surface area contributed by atoms with Gasteiger partial charge in [0.15, 0.2) is 0 Å². The molecule has 0 aliphatic heterocycles. The first-order valence-electron chi connectivity index (χ1n) is 28.1. The van der Waals surface area contributed by atoms with Crippen molar-refractivity contribution in [1.29, 1.82) is 0 Å². The van der Waals surface area contributed by atoms with Crippen molar-refractivity contribution in [3.05, 3.63) is 183 Å². The van der Waals surface area contributed by atoms with Crippen LogP contribution in [0, 0.1) is 7.43 Å². The van der Waals surface area contributed by atoms with Crippen LogP contribution in [-0.4, -0.2) is 30.8 Å². The molecule has 0 atom stereocenters. The van der Waals surface area contributed by atoms with Crippen LogP contribution < -0.4 is 21.9 Å². The summed E-state index contributed by atoms with van der Waals surface area (Å²) < 4.78 is 365. The molecular weight excluding hydrogens is 1400 g/mol. The van der Waals surface area contributed by atoms with Gasteiger partial charge in [0.1, 0.15) is 6.15 Å². The third-order valence-electron chi connectivity index (χ3n) is 14.8.